The Morgan fingerprint density at radius 2 is 1.38 bits per heavy atom. The van der Waals surface area contributed by atoms with Crippen LogP contribution in [0.3, 0.4) is 0 Å². The van der Waals surface area contributed by atoms with E-state index < -0.39 is 0 Å². The van der Waals surface area contributed by atoms with Crippen LogP contribution >= 0.6 is 0 Å². The molecule has 1 heterocycles. The van der Waals surface area contributed by atoms with Gasteiger partial charge in [0, 0.05) is 5.69 Å². The molecule has 3 aromatic rings. The molecule has 0 radical (unpaired) electrons. The summed E-state index contributed by atoms with van der Waals surface area (Å²) in [4.78, 5) is 28.6. The lowest BCUT2D eigenvalue weighted by molar-refractivity contribution is -0.120. The number of ether oxygens (including phenoxy) is 1. The predicted octanol–water partition coefficient (Wildman–Crippen LogP) is 6.10. The molecule has 1 aliphatic heterocycles. The molecule has 0 atom stereocenters. The minimum atomic E-state index is -0.377. The molecule has 0 spiro atoms. The molecule has 5 heteroatoms. The Kier molecular flexibility index (Phi) is 6.29. The fraction of sp³-hybridized carbons (Fsp3) is 0.241. The van der Waals surface area contributed by atoms with Gasteiger partial charge in [-0.15, -0.1) is 0 Å². The van der Waals surface area contributed by atoms with Gasteiger partial charge in [0.25, 0.3) is 11.8 Å². The Morgan fingerprint density at radius 3 is 1.97 bits per heavy atom. The van der Waals surface area contributed by atoms with Crippen molar-refractivity contribution in [1.82, 2.24) is 0 Å². The third kappa shape index (κ3) is 4.46. The van der Waals surface area contributed by atoms with E-state index in [1.165, 1.54) is 4.90 Å². The highest BCUT2D eigenvalue weighted by Gasteiger charge is 2.40. The number of rotatable bonds is 6. The minimum Gasteiger partial charge on any atom is -0.491 e. The zero-order chi connectivity index (χ0) is 24.6. The van der Waals surface area contributed by atoms with Gasteiger partial charge in [0.15, 0.2) is 0 Å². The molecule has 34 heavy (non-hydrogen) atoms. The van der Waals surface area contributed by atoms with Gasteiger partial charge in [-0.2, -0.15) is 0 Å². The van der Waals surface area contributed by atoms with Crippen molar-refractivity contribution >= 4 is 28.8 Å². The van der Waals surface area contributed by atoms with E-state index >= 15 is 0 Å². The van der Waals surface area contributed by atoms with Crippen LogP contribution < -0.4 is 15.0 Å². The molecule has 0 saturated heterocycles. The number of nitrogens with one attached hydrogen (secondary N) is 1. The van der Waals surface area contributed by atoms with Gasteiger partial charge in [-0.1, -0.05) is 41.5 Å². The first-order valence-electron chi connectivity index (χ1n) is 11.5. The van der Waals surface area contributed by atoms with Crippen molar-refractivity contribution in [2.24, 2.45) is 0 Å². The summed E-state index contributed by atoms with van der Waals surface area (Å²) >= 11 is 0. The van der Waals surface area contributed by atoms with Gasteiger partial charge < -0.3 is 10.1 Å². The van der Waals surface area contributed by atoms with Crippen LogP contribution in [-0.2, 0) is 9.59 Å². The van der Waals surface area contributed by atoms with Crippen LogP contribution in [-0.4, -0.2) is 17.9 Å². The molecule has 0 fully saturated rings. The lowest BCUT2D eigenvalue weighted by Crippen LogP contribution is -2.32. The summed E-state index contributed by atoms with van der Waals surface area (Å²) in [5, 5.41) is 3.29. The quantitative estimate of drug-likeness (QED) is 0.457. The Bertz CT molecular complexity index is 1300. The Labute approximate surface area is 201 Å². The van der Waals surface area contributed by atoms with Crippen molar-refractivity contribution in [3.8, 4) is 5.75 Å². The Morgan fingerprint density at radius 1 is 0.765 bits per heavy atom. The average Bonchev–Trinajstić information content (AvgIpc) is 3.00. The van der Waals surface area contributed by atoms with Crippen molar-refractivity contribution in [2.45, 2.75) is 47.6 Å². The number of benzene rings is 3. The molecule has 0 saturated carbocycles. The van der Waals surface area contributed by atoms with E-state index in [1.807, 2.05) is 77.9 Å². The molecule has 0 aromatic heterocycles. The zero-order valence-electron chi connectivity index (χ0n) is 20.5. The summed E-state index contributed by atoms with van der Waals surface area (Å²) in [5.41, 5.74) is 6.89. The highest BCUT2D eigenvalue weighted by atomic mass is 16.5. The average molecular weight is 455 g/mol. The molecule has 5 nitrogen and oxygen atoms in total. The molecule has 2 amide bonds. The molecule has 0 unspecified atom stereocenters. The van der Waals surface area contributed by atoms with Crippen LogP contribution in [0.2, 0.25) is 0 Å². The number of hydrogen-bond acceptors (Lipinski definition) is 4. The van der Waals surface area contributed by atoms with Crippen LogP contribution in [0.25, 0.3) is 5.57 Å². The van der Waals surface area contributed by atoms with E-state index in [2.05, 4.69) is 5.32 Å². The Balaban J connectivity index is 1.80. The predicted molar refractivity (Wildman–Crippen MR) is 137 cm³/mol. The molecule has 174 valence electrons. The van der Waals surface area contributed by atoms with Gasteiger partial charge in [-0.05, 0) is 88.6 Å². The molecule has 0 bridgehead atoms. The zero-order valence-corrected chi connectivity index (χ0v) is 20.5. The van der Waals surface area contributed by atoms with Gasteiger partial charge in [0.1, 0.15) is 11.4 Å². The van der Waals surface area contributed by atoms with Crippen LogP contribution in [0.4, 0.5) is 11.4 Å². The lowest BCUT2D eigenvalue weighted by atomic mass is 9.97. The van der Waals surface area contributed by atoms with Gasteiger partial charge >= 0.3 is 0 Å². The van der Waals surface area contributed by atoms with Gasteiger partial charge in [0.05, 0.1) is 17.4 Å². The SMILES string of the molecule is Cc1ccc(NC2=C(c3ccc(C)cc3C)C(=O)N(c3ccc(OC(C)C)cc3)C2=O)c(C)c1. The fourth-order valence-electron chi connectivity index (χ4n) is 4.26. The van der Waals surface area contributed by atoms with Gasteiger partial charge in [-0.3, -0.25) is 9.59 Å². The van der Waals surface area contributed by atoms with Crippen LogP contribution in [0.1, 0.15) is 41.7 Å². The molecule has 0 aliphatic carbocycles. The van der Waals surface area contributed by atoms with Crippen molar-refractivity contribution in [1.29, 1.82) is 0 Å². The first-order chi connectivity index (χ1) is 16.2. The third-order valence-corrected chi connectivity index (χ3v) is 5.84. The van der Waals surface area contributed by atoms with E-state index in [9.17, 15) is 9.59 Å². The second kappa shape index (κ2) is 9.18. The number of amides is 2. The first kappa shape index (κ1) is 23.3. The van der Waals surface area contributed by atoms with Crippen molar-refractivity contribution in [3.63, 3.8) is 0 Å². The van der Waals surface area contributed by atoms with Crippen LogP contribution in [0, 0.1) is 27.7 Å². The molecular formula is C29H30N2O3. The number of aryl methyl sites for hydroxylation is 4. The number of carbonyl (C=O) groups excluding carboxylic acids is 2. The van der Waals surface area contributed by atoms with E-state index in [0.29, 0.717) is 17.0 Å². The van der Waals surface area contributed by atoms with Crippen LogP contribution in [0.15, 0.2) is 66.4 Å². The summed E-state index contributed by atoms with van der Waals surface area (Å²) in [6.07, 6.45) is 0.0345. The molecular weight excluding hydrogens is 424 g/mol. The maximum absolute atomic E-state index is 13.7. The summed E-state index contributed by atoms with van der Waals surface area (Å²) in [7, 11) is 0. The first-order valence-corrected chi connectivity index (χ1v) is 11.5. The van der Waals surface area contributed by atoms with E-state index in [1.54, 1.807) is 24.3 Å². The monoisotopic (exact) mass is 454 g/mol. The highest BCUT2D eigenvalue weighted by Crippen LogP contribution is 2.36. The highest BCUT2D eigenvalue weighted by molar-refractivity contribution is 6.46. The number of hydrogen-bond donors (Lipinski definition) is 1. The smallest absolute Gasteiger partial charge is 0.282 e. The van der Waals surface area contributed by atoms with Crippen molar-refractivity contribution < 1.29 is 14.3 Å². The maximum Gasteiger partial charge on any atom is 0.282 e. The minimum absolute atomic E-state index is 0.0345. The van der Waals surface area contributed by atoms with E-state index in [0.717, 1.165) is 33.5 Å². The van der Waals surface area contributed by atoms with Crippen LogP contribution in [0.5, 0.6) is 5.75 Å². The van der Waals surface area contributed by atoms with Gasteiger partial charge in [-0.25, -0.2) is 4.90 Å². The topological polar surface area (TPSA) is 58.6 Å². The third-order valence-electron chi connectivity index (χ3n) is 5.84. The number of carbonyl (C=O) groups is 2. The largest absolute Gasteiger partial charge is 0.491 e. The summed E-state index contributed by atoms with van der Waals surface area (Å²) in [6.45, 7) is 11.9. The molecule has 3 aromatic carbocycles. The number of nitrogens with zero attached hydrogens (tertiary/aromatic N) is 1. The lowest BCUT2D eigenvalue weighted by Gasteiger charge is -2.17. The second-order valence-electron chi connectivity index (χ2n) is 9.12. The van der Waals surface area contributed by atoms with E-state index in [-0.39, 0.29) is 23.6 Å². The molecule has 1 N–H and O–H groups in total. The normalized spacial score (nSPS) is 13.8. The summed E-state index contributed by atoms with van der Waals surface area (Å²) in [5.74, 6) is -0.0340. The standard InChI is InChI=1S/C29H30N2O3/c1-17(2)34-23-11-9-22(10-12-23)31-28(32)26(24-13-7-18(3)15-20(24)5)27(29(31)33)30-25-14-8-19(4)16-21(25)6/h7-17,30H,1-6H3. The number of anilines is 2. The van der Waals surface area contributed by atoms with Crippen molar-refractivity contribution in [3.05, 3.63) is 94.2 Å². The number of imide groups is 1. The van der Waals surface area contributed by atoms with Crippen molar-refractivity contribution in [2.75, 3.05) is 10.2 Å². The summed E-state index contributed by atoms with van der Waals surface area (Å²) < 4.78 is 5.71. The maximum atomic E-state index is 13.7. The van der Waals surface area contributed by atoms with E-state index in [4.69, 9.17) is 4.74 Å². The van der Waals surface area contributed by atoms with Gasteiger partial charge in [0.2, 0.25) is 0 Å². The fourth-order valence-corrected chi connectivity index (χ4v) is 4.26. The summed E-state index contributed by atoms with van der Waals surface area (Å²) in [6, 6.07) is 18.9. The molecule has 1 aliphatic rings. The second-order valence-corrected chi connectivity index (χ2v) is 9.12. The Hall–Kier alpha value is -3.86. The molecule has 4 rings (SSSR count).